The molecule has 2 aliphatic heterocycles. The van der Waals surface area contributed by atoms with E-state index >= 15 is 0 Å². The Morgan fingerprint density at radius 1 is 1.03 bits per heavy atom. The van der Waals surface area contributed by atoms with Crippen LogP contribution in [-0.4, -0.2) is 37.0 Å². The Morgan fingerprint density at radius 3 is 2.03 bits per heavy atom. The quantitative estimate of drug-likeness (QED) is 0.638. The van der Waals surface area contributed by atoms with Gasteiger partial charge in [-0.1, -0.05) is 55.4 Å². The summed E-state index contributed by atoms with van der Waals surface area (Å²) in [4.78, 5) is 26.9. The summed E-state index contributed by atoms with van der Waals surface area (Å²) >= 11 is 0. The lowest BCUT2D eigenvalue weighted by molar-refractivity contribution is 0.0241. The third-order valence-electron chi connectivity index (χ3n) is 7.63. The number of ether oxygens (including phenoxy) is 1. The van der Waals surface area contributed by atoms with Crippen molar-refractivity contribution in [1.29, 1.82) is 0 Å². The Hall–Kier alpha value is -1.01. The molecular weight excluding hydrogens is 416 g/mol. The molecule has 1 aromatic rings. The fourth-order valence-corrected chi connectivity index (χ4v) is 23.1. The van der Waals surface area contributed by atoms with Gasteiger partial charge in [-0.05, 0) is 28.6 Å². The van der Waals surface area contributed by atoms with Gasteiger partial charge >= 0.3 is 5.69 Å². The first-order chi connectivity index (χ1) is 13.9. The summed E-state index contributed by atoms with van der Waals surface area (Å²) in [5.74, 6) is 0. The van der Waals surface area contributed by atoms with E-state index in [1.807, 2.05) is 0 Å². The Balaban J connectivity index is 2.15. The molecule has 0 aromatic carbocycles. The average molecular weight is 455 g/mol. The number of aromatic nitrogens is 2. The van der Waals surface area contributed by atoms with Crippen LogP contribution in [0.4, 0.5) is 0 Å². The van der Waals surface area contributed by atoms with E-state index in [0.717, 1.165) is 6.42 Å². The maximum absolute atomic E-state index is 12.6. The normalized spacial score (nSPS) is 27.6. The second-order valence-electron chi connectivity index (χ2n) is 10.3. The number of nitrogens with zero attached hydrogens (tertiary/aromatic N) is 1. The molecule has 170 valence electrons. The highest BCUT2D eigenvalue weighted by Gasteiger charge is 2.72. The van der Waals surface area contributed by atoms with Gasteiger partial charge in [0.1, 0.15) is 6.23 Å². The van der Waals surface area contributed by atoms with Crippen LogP contribution < -0.4 is 11.2 Å². The van der Waals surface area contributed by atoms with Crippen molar-refractivity contribution in [2.75, 3.05) is 0 Å². The fraction of sp³-hybridized carbons (Fsp3) is 0.810. The molecule has 0 amide bonds. The van der Waals surface area contributed by atoms with Gasteiger partial charge in [0.05, 0.1) is 17.9 Å². The summed E-state index contributed by atoms with van der Waals surface area (Å²) in [5, 5.41) is 9.51. The molecule has 3 atom stereocenters. The highest BCUT2D eigenvalue weighted by Crippen LogP contribution is 2.64. The predicted molar refractivity (Wildman–Crippen MR) is 123 cm³/mol. The molecular formula is C21H38N2O5Si2. The summed E-state index contributed by atoms with van der Waals surface area (Å²) in [6.45, 7) is 17.8. The van der Waals surface area contributed by atoms with Crippen molar-refractivity contribution >= 4 is 16.6 Å². The SMILES string of the molecule is CC(C)[Si]1(C(C)C)O[Si](C(C)C)(C(C)C)[C@H]2O[C@@H](n3cc(CO)c(=O)[nH]c3=O)C[C@@H]21. The lowest BCUT2D eigenvalue weighted by atomic mass is 10.3. The van der Waals surface area contributed by atoms with Gasteiger partial charge in [0.2, 0.25) is 8.32 Å². The second-order valence-corrected chi connectivity index (χ2v) is 20.4. The Labute approximate surface area is 181 Å². The number of fused-ring (bicyclic) bond motifs is 1. The monoisotopic (exact) mass is 454 g/mol. The minimum absolute atomic E-state index is 0.0374. The first kappa shape index (κ1) is 23.7. The van der Waals surface area contributed by atoms with Gasteiger partial charge in [0.15, 0.2) is 8.32 Å². The molecule has 0 saturated carbocycles. The number of hydrogen-bond donors (Lipinski definition) is 2. The third-order valence-corrected chi connectivity index (χ3v) is 21.1. The smallest absolute Gasteiger partial charge is 0.330 e. The molecule has 3 rings (SSSR count). The Morgan fingerprint density at radius 2 is 1.57 bits per heavy atom. The second kappa shape index (κ2) is 8.16. The first-order valence-electron chi connectivity index (χ1n) is 11.2. The van der Waals surface area contributed by atoms with Gasteiger partial charge in [-0.15, -0.1) is 0 Å². The lowest BCUT2D eigenvalue weighted by Gasteiger charge is -2.44. The molecule has 30 heavy (non-hydrogen) atoms. The summed E-state index contributed by atoms with van der Waals surface area (Å²) in [6.07, 6.45) is 1.75. The Kier molecular flexibility index (Phi) is 6.43. The van der Waals surface area contributed by atoms with Gasteiger partial charge < -0.3 is 14.0 Å². The molecule has 2 N–H and O–H groups in total. The van der Waals surface area contributed by atoms with E-state index in [1.165, 1.54) is 10.8 Å². The van der Waals surface area contributed by atoms with Crippen molar-refractivity contribution < 1.29 is 14.0 Å². The van der Waals surface area contributed by atoms with Crippen LogP contribution in [0.25, 0.3) is 0 Å². The number of aliphatic hydroxyl groups is 1. The van der Waals surface area contributed by atoms with Gasteiger partial charge in [-0.25, -0.2) is 4.79 Å². The maximum atomic E-state index is 12.6. The fourth-order valence-electron chi connectivity index (χ4n) is 6.29. The number of nitrogens with one attached hydrogen (secondary N) is 1. The van der Waals surface area contributed by atoms with Crippen molar-refractivity contribution in [3.63, 3.8) is 0 Å². The number of aromatic amines is 1. The average Bonchev–Trinajstić information content (AvgIpc) is 3.18. The molecule has 3 heterocycles. The van der Waals surface area contributed by atoms with E-state index in [9.17, 15) is 14.7 Å². The molecule has 2 aliphatic rings. The zero-order valence-electron chi connectivity index (χ0n) is 19.6. The van der Waals surface area contributed by atoms with Crippen LogP contribution >= 0.6 is 0 Å². The molecule has 9 heteroatoms. The van der Waals surface area contributed by atoms with Crippen LogP contribution in [0.5, 0.6) is 0 Å². The summed E-state index contributed by atoms with van der Waals surface area (Å²) in [5.41, 5.74) is 1.20. The van der Waals surface area contributed by atoms with Crippen LogP contribution in [0.2, 0.25) is 27.7 Å². The topological polar surface area (TPSA) is 93.6 Å². The molecule has 1 aromatic heterocycles. The van der Waals surface area contributed by atoms with Gasteiger partial charge in [-0.2, -0.15) is 0 Å². The largest absolute Gasteiger partial charge is 0.452 e. The molecule has 0 spiro atoms. The van der Waals surface area contributed by atoms with E-state index in [4.69, 9.17) is 8.85 Å². The van der Waals surface area contributed by atoms with E-state index in [1.54, 1.807) is 0 Å². The number of hydrogen-bond acceptors (Lipinski definition) is 5. The molecule has 2 fully saturated rings. The minimum atomic E-state index is -2.30. The van der Waals surface area contributed by atoms with Gasteiger partial charge in [0.25, 0.3) is 5.56 Å². The zero-order chi connectivity index (χ0) is 22.6. The molecule has 0 radical (unpaired) electrons. The number of H-pyrrole nitrogens is 1. The van der Waals surface area contributed by atoms with E-state index in [0.29, 0.717) is 27.7 Å². The predicted octanol–water partition coefficient (Wildman–Crippen LogP) is 3.79. The van der Waals surface area contributed by atoms with Crippen molar-refractivity contribution in [2.24, 2.45) is 0 Å². The zero-order valence-corrected chi connectivity index (χ0v) is 21.6. The van der Waals surface area contributed by atoms with Gasteiger partial charge in [-0.3, -0.25) is 14.3 Å². The molecule has 0 bridgehead atoms. The number of rotatable bonds is 6. The summed E-state index contributed by atoms with van der Waals surface area (Å²) < 4.78 is 15.6. The maximum Gasteiger partial charge on any atom is 0.330 e. The van der Waals surface area contributed by atoms with Crippen molar-refractivity contribution in [3.8, 4) is 0 Å². The molecule has 2 saturated heterocycles. The minimum Gasteiger partial charge on any atom is -0.452 e. The van der Waals surface area contributed by atoms with Crippen LogP contribution in [0.3, 0.4) is 0 Å². The van der Waals surface area contributed by atoms with E-state index < -0.39 is 40.7 Å². The molecule has 7 nitrogen and oxygen atoms in total. The molecule has 0 aliphatic carbocycles. The first-order valence-corrected chi connectivity index (χ1v) is 15.5. The highest BCUT2D eigenvalue weighted by atomic mass is 28.4. The van der Waals surface area contributed by atoms with E-state index in [-0.39, 0.29) is 11.3 Å². The van der Waals surface area contributed by atoms with Crippen LogP contribution in [-0.2, 0) is 15.5 Å². The van der Waals surface area contributed by atoms with E-state index in [2.05, 4.69) is 60.4 Å². The van der Waals surface area contributed by atoms with Crippen molar-refractivity contribution in [3.05, 3.63) is 32.6 Å². The Bertz CT molecular complexity index is 842. The standard InChI is InChI=1S/C21H38N2O5Si2/c1-12(2)29(13(3)4)17-9-18(23-10-16(11-24)19(25)22-21(23)26)27-20(17)30(28-29,14(5)6)15(7)8/h10,12-15,17-18,20,24H,9,11H2,1-8H3,(H,22,25,26)/t17-,18+,20+/m0/s1. The van der Waals surface area contributed by atoms with Crippen molar-refractivity contribution in [1.82, 2.24) is 9.55 Å². The van der Waals surface area contributed by atoms with Crippen molar-refractivity contribution in [2.45, 2.75) is 108 Å². The van der Waals surface area contributed by atoms with Crippen LogP contribution in [0, 0.1) is 0 Å². The third kappa shape index (κ3) is 3.24. The summed E-state index contributed by atoms with van der Waals surface area (Å²) in [7, 11) is -4.50. The lowest BCUT2D eigenvalue weighted by Crippen LogP contribution is -2.55. The molecule has 0 unspecified atom stereocenters. The van der Waals surface area contributed by atoms with Crippen LogP contribution in [0.1, 0.15) is 73.6 Å². The number of aliphatic hydroxyl groups excluding tert-OH is 1. The van der Waals surface area contributed by atoms with Gasteiger partial charge in [0, 0.05) is 11.7 Å². The highest BCUT2D eigenvalue weighted by molar-refractivity contribution is 6.96. The summed E-state index contributed by atoms with van der Waals surface area (Å²) in [6, 6.07) is 0. The van der Waals surface area contributed by atoms with Crippen LogP contribution in [0.15, 0.2) is 15.8 Å².